The number of fused-ring (bicyclic) bond motifs is 6. The second-order valence-electron chi connectivity index (χ2n) is 11.3. The van der Waals surface area contributed by atoms with Gasteiger partial charge >= 0.3 is 0 Å². The van der Waals surface area contributed by atoms with Crippen LogP contribution in [0.4, 0.5) is 0 Å². The molecular weight excluding hydrogens is 550 g/mol. The first-order chi connectivity index (χ1) is 22.3. The quantitative estimate of drug-likeness (QED) is 0.209. The number of aromatic nitrogens is 3. The molecule has 0 atom stereocenters. The third kappa shape index (κ3) is 4.35. The van der Waals surface area contributed by atoms with Crippen molar-refractivity contribution in [3.63, 3.8) is 0 Å². The summed E-state index contributed by atoms with van der Waals surface area (Å²) >= 11 is 0. The second kappa shape index (κ2) is 10.2. The van der Waals surface area contributed by atoms with Crippen LogP contribution >= 0.6 is 0 Å². The average molecular weight is 576 g/mol. The normalized spacial score (nSPS) is 11.6. The summed E-state index contributed by atoms with van der Waals surface area (Å²) in [7, 11) is 0. The summed E-state index contributed by atoms with van der Waals surface area (Å²) in [4.78, 5) is 15.1. The Labute approximate surface area is 259 Å². The van der Waals surface area contributed by atoms with Crippen LogP contribution in [0.2, 0.25) is 0 Å². The molecule has 0 aliphatic heterocycles. The molecule has 0 bridgehead atoms. The van der Waals surface area contributed by atoms with E-state index in [-0.39, 0.29) is 0 Å². The Morgan fingerprint density at radius 2 is 0.978 bits per heavy atom. The molecule has 0 saturated heterocycles. The van der Waals surface area contributed by atoms with Crippen LogP contribution in [0.3, 0.4) is 0 Å². The van der Waals surface area contributed by atoms with Crippen molar-refractivity contribution in [2.45, 2.75) is 0 Å². The lowest BCUT2D eigenvalue weighted by atomic mass is 9.97. The zero-order chi connectivity index (χ0) is 29.7. The maximum Gasteiger partial charge on any atom is 0.164 e. The van der Waals surface area contributed by atoms with Crippen LogP contribution in [0.5, 0.6) is 0 Å². The number of hydrogen-bond acceptors (Lipinski definition) is 4. The van der Waals surface area contributed by atoms with Crippen LogP contribution in [0.1, 0.15) is 0 Å². The van der Waals surface area contributed by atoms with Crippen molar-refractivity contribution in [2.75, 3.05) is 0 Å². The average Bonchev–Trinajstić information content (AvgIpc) is 3.50. The van der Waals surface area contributed by atoms with Gasteiger partial charge in [0.2, 0.25) is 0 Å². The van der Waals surface area contributed by atoms with Gasteiger partial charge in [-0.25, -0.2) is 15.0 Å². The minimum absolute atomic E-state index is 0.607. The van der Waals surface area contributed by atoms with Crippen LogP contribution in [0, 0.1) is 0 Å². The minimum atomic E-state index is 0.607. The van der Waals surface area contributed by atoms with Crippen LogP contribution < -0.4 is 0 Å². The molecule has 2 heterocycles. The summed E-state index contributed by atoms with van der Waals surface area (Å²) in [6.07, 6.45) is 0. The molecule has 45 heavy (non-hydrogen) atoms. The van der Waals surface area contributed by atoms with Crippen molar-refractivity contribution >= 4 is 43.5 Å². The lowest BCUT2D eigenvalue weighted by Crippen LogP contribution is -2.00. The van der Waals surface area contributed by atoms with Gasteiger partial charge in [0.25, 0.3) is 0 Å². The number of nitrogens with zero attached hydrogens (tertiary/aromatic N) is 3. The molecule has 2 aromatic heterocycles. The van der Waals surface area contributed by atoms with Gasteiger partial charge in [-0.2, -0.15) is 0 Å². The van der Waals surface area contributed by atoms with Crippen molar-refractivity contribution in [1.29, 1.82) is 0 Å². The van der Waals surface area contributed by atoms with E-state index >= 15 is 0 Å². The van der Waals surface area contributed by atoms with Gasteiger partial charge in [-0.05, 0) is 56.9 Å². The maximum atomic E-state index is 6.59. The van der Waals surface area contributed by atoms with Crippen LogP contribution in [0.25, 0.3) is 88.8 Å². The molecule has 0 N–H and O–H groups in total. The molecule has 210 valence electrons. The fourth-order valence-corrected chi connectivity index (χ4v) is 6.31. The second-order valence-corrected chi connectivity index (χ2v) is 11.3. The van der Waals surface area contributed by atoms with Crippen LogP contribution in [-0.4, -0.2) is 15.0 Å². The lowest BCUT2D eigenvalue weighted by molar-refractivity contribution is 0.669. The van der Waals surface area contributed by atoms with Crippen molar-refractivity contribution in [3.05, 3.63) is 152 Å². The van der Waals surface area contributed by atoms with Gasteiger partial charge in [-0.3, -0.25) is 0 Å². The summed E-state index contributed by atoms with van der Waals surface area (Å²) < 4.78 is 6.59. The molecule has 0 aliphatic rings. The highest BCUT2D eigenvalue weighted by Crippen LogP contribution is 2.41. The summed E-state index contributed by atoms with van der Waals surface area (Å²) in [6.45, 7) is 0. The lowest BCUT2D eigenvalue weighted by Gasteiger charge is -2.11. The van der Waals surface area contributed by atoms with E-state index in [0.29, 0.717) is 17.5 Å². The highest BCUT2D eigenvalue weighted by atomic mass is 16.3. The van der Waals surface area contributed by atoms with Gasteiger partial charge in [0.15, 0.2) is 17.5 Å². The summed E-state index contributed by atoms with van der Waals surface area (Å²) in [5, 5.41) is 6.67. The van der Waals surface area contributed by atoms with Crippen molar-refractivity contribution in [3.8, 4) is 45.3 Å². The summed E-state index contributed by atoms with van der Waals surface area (Å²) in [5.74, 6) is 1.87. The van der Waals surface area contributed by atoms with Gasteiger partial charge in [0.05, 0.1) is 0 Å². The first kappa shape index (κ1) is 25.4. The molecule has 0 spiro atoms. The van der Waals surface area contributed by atoms with Gasteiger partial charge in [-0.1, -0.05) is 127 Å². The molecule has 0 fully saturated rings. The molecule has 9 aromatic rings. The Morgan fingerprint density at radius 3 is 1.78 bits per heavy atom. The Hall–Kier alpha value is -6.13. The van der Waals surface area contributed by atoms with Crippen molar-refractivity contribution < 1.29 is 4.42 Å². The molecular formula is C41H25N3O. The van der Waals surface area contributed by atoms with Crippen molar-refractivity contribution in [1.82, 2.24) is 15.0 Å². The first-order valence-electron chi connectivity index (χ1n) is 15.0. The van der Waals surface area contributed by atoms with E-state index in [1.807, 2.05) is 36.4 Å². The van der Waals surface area contributed by atoms with Gasteiger partial charge in [0, 0.05) is 27.5 Å². The van der Waals surface area contributed by atoms with Gasteiger partial charge in [-0.15, -0.1) is 0 Å². The number of furan rings is 1. The highest BCUT2D eigenvalue weighted by molar-refractivity contribution is 6.22. The zero-order valence-corrected chi connectivity index (χ0v) is 24.2. The van der Waals surface area contributed by atoms with E-state index in [0.717, 1.165) is 65.9 Å². The van der Waals surface area contributed by atoms with E-state index in [9.17, 15) is 0 Å². The largest absolute Gasteiger partial charge is 0.456 e. The summed E-state index contributed by atoms with van der Waals surface area (Å²) in [5.41, 5.74) is 6.72. The number of benzene rings is 7. The Bertz CT molecular complexity index is 2540. The van der Waals surface area contributed by atoms with E-state index in [1.165, 1.54) is 5.39 Å². The van der Waals surface area contributed by atoms with Gasteiger partial charge < -0.3 is 4.42 Å². The Balaban J connectivity index is 1.29. The highest BCUT2D eigenvalue weighted by Gasteiger charge is 2.19. The van der Waals surface area contributed by atoms with Crippen LogP contribution in [0.15, 0.2) is 156 Å². The molecule has 4 nitrogen and oxygen atoms in total. The van der Waals surface area contributed by atoms with E-state index in [4.69, 9.17) is 19.4 Å². The monoisotopic (exact) mass is 575 g/mol. The molecule has 0 radical (unpaired) electrons. The fraction of sp³-hybridized carbons (Fsp3) is 0. The number of rotatable bonds is 4. The SMILES string of the molecule is c1ccc(-c2ccc3c(c2)oc2cc(-c4nc(-c5ccccc5)nc(-c5ccc6ccccc6c5)n4)c4ccccc4c23)cc1. The molecule has 4 heteroatoms. The smallest absolute Gasteiger partial charge is 0.164 e. The predicted octanol–water partition coefficient (Wildman–Crippen LogP) is 10.7. The molecule has 9 rings (SSSR count). The third-order valence-corrected chi connectivity index (χ3v) is 8.50. The zero-order valence-electron chi connectivity index (χ0n) is 24.2. The molecule has 0 amide bonds. The summed E-state index contributed by atoms with van der Waals surface area (Å²) in [6, 6.07) is 52.2. The Morgan fingerprint density at radius 1 is 0.356 bits per heavy atom. The standard InChI is InChI=1S/C41H25N3O/c1-3-11-26(12-4-1)30-21-22-34-36(24-30)45-37-25-35(32-17-9-10-18-33(32)38(34)37)41-43-39(28-14-5-2-6-15-28)42-40(44-41)31-20-19-27-13-7-8-16-29(27)23-31/h1-25H. The van der Waals surface area contributed by atoms with E-state index < -0.39 is 0 Å². The molecule has 7 aromatic carbocycles. The van der Waals surface area contributed by atoms with Gasteiger partial charge in [0.1, 0.15) is 11.2 Å². The number of hydrogen-bond donors (Lipinski definition) is 0. The fourth-order valence-electron chi connectivity index (χ4n) is 6.31. The topological polar surface area (TPSA) is 51.8 Å². The Kier molecular flexibility index (Phi) is 5.78. The maximum absolute atomic E-state index is 6.59. The molecule has 0 unspecified atom stereocenters. The van der Waals surface area contributed by atoms with Crippen molar-refractivity contribution in [2.24, 2.45) is 0 Å². The van der Waals surface area contributed by atoms with E-state index in [2.05, 4.69) is 115 Å². The predicted molar refractivity (Wildman–Crippen MR) is 184 cm³/mol. The first-order valence-corrected chi connectivity index (χ1v) is 15.0. The van der Waals surface area contributed by atoms with Crippen LogP contribution in [-0.2, 0) is 0 Å². The third-order valence-electron chi connectivity index (χ3n) is 8.50. The van der Waals surface area contributed by atoms with E-state index in [1.54, 1.807) is 0 Å². The molecule has 0 aliphatic carbocycles. The minimum Gasteiger partial charge on any atom is -0.456 e. The molecule has 0 saturated carbocycles.